The summed E-state index contributed by atoms with van der Waals surface area (Å²) in [6, 6.07) is 5.42. The lowest BCUT2D eigenvalue weighted by Crippen LogP contribution is -2.19. The van der Waals surface area contributed by atoms with Crippen molar-refractivity contribution in [3.8, 4) is 11.4 Å². The van der Waals surface area contributed by atoms with Gasteiger partial charge in [0.05, 0.1) is 34.9 Å². The molecule has 2 amide bonds. The second kappa shape index (κ2) is 10.8. The normalized spacial score (nSPS) is 12.1. The lowest BCUT2D eigenvalue weighted by atomic mass is 10.2. The topological polar surface area (TPSA) is 137 Å². The van der Waals surface area contributed by atoms with Crippen molar-refractivity contribution in [2.45, 2.75) is 19.2 Å². The van der Waals surface area contributed by atoms with Gasteiger partial charge in [0.15, 0.2) is 11.5 Å². The lowest BCUT2D eigenvalue weighted by molar-refractivity contribution is -0.141. The Morgan fingerprint density at radius 3 is 2.41 bits per heavy atom. The van der Waals surface area contributed by atoms with Gasteiger partial charge in [0.25, 0.3) is 5.91 Å². The molecule has 0 bridgehead atoms. The lowest BCUT2D eigenvalue weighted by Gasteiger charge is -2.15. The van der Waals surface area contributed by atoms with Crippen LogP contribution in [0.3, 0.4) is 0 Å². The Kier molecular flexibility index (Phi) is 7.46. The van der Waals surface area contributed by atoms with Gasteiger partial charge in [0.2, 0.25) is 5.95 Å². The van der Waals surface area contributed by atoms with Gasteiger partial charge in [0.1, 0.15) is 17.6 Å². The van der Waals surface area contributed by atoms with E-state index in [1.165, 1.54) is 37.0 Å². The first kappa shape index (κ1) is 27.0. The van der Waals surface area contributed by atoms with Gasteiger partial charge >= 0.3 is 12.3 Å². The number of aromatic nitrogens is 6. The first-order chi connectivity index (χ1) is 18.4. The fourth-order valence-electron chi connectivity index (χ4n) is 3.25. The summed E-state index contributed by atoms with van der Waals surface area (Å²) >= 11 is 0. The maximum Gasteiger partial charge on any atom is 0.433 e. The summed E-state index contributed by atoms with van der Waals surface area (Å²) in [4.78, 5) is 35.6. The monoisotopic (exact) mass is 548 g/mol. The summed E-state index contributed by atoms with van der Waals surface area (Å²) in [6.45, 7) is 1.33. The second-order valence-electron chi connectivity index (χ2n) is 7.93. The van der Waals surface area contributed by atoms with E-state index in [-0.39, 0.29) is 34.0 Å². The molecule has 0 aromatic carbocycles. The SMILES string of the molecule is C[C@@H](OC(=O)Nc1c(-c2ccc(C(=O)Nc3ccc(C(F)(F)F)nc3)cn2)nnn1C)c1cc(F)cnc1F. The van der Waals surface area contributed by atoms with E-state index in [1.807, 2.05) is 0 Å². The summed E-state index contributed by atoms with van der Waals surface area (Å²) in [5.41, 5.74) is -0.971. The number of rotatable bonds is 6. The Balaban J connectivity index is 1.44. The molecule has 2 N–H and O–H groups in total. The van der Waals surface area contributed by atoms with Crippen LogP contribution in [0.5, 0.6) is 0 Å². The minimum Gasteiger partial charge on any atom is -0.441 e. The predicted molar refractivity (Wildman–Crippen MR) is 124 cm³/mol. The number of halogens is 5. The van der Waals surface area contributed by atoms with Gasteiger partial charge in [-0.25, -0.2) is 23.8 Å². The van der Waals surface area contributed by atoms with Crippen molar-refractivity contribution in [1.29, 1.82) is 0 Å². The van der Waals surface area contributed by atoms with Crippen molar-refractivity contribution in [2.75, 3.05) is 10.6 Å². The number of pyridine rings is 3. The van der Waals surface area contributed by atoms with Crippen LogP contribution in [0.4, 0.5) is 38.3 Å². The molecule has 4 aromatic heterocycles. The minimum atomic E-state index is -4.61. The summed E-state index contributed by atoms with van der Waals surface area (Å²) in [7, 11) is 1.46. The number of alkyl halides is 3. The number of carbonyl (C=O) groups excluding carboxylic acids is 2. The molecule has 202 valence electrons. The molecule has 0 saturated carbocycles. The van der Waals surface area contributed by atoms with Crippen LogP contribution >= 0.6 is 0 Å². The van der Waals surface area contributed by atoms with Crippen molar-refractivity contribution in [3.05, 3.63) is 77.5 Å². The molecule has 0 fully saturated rings. The summed E-state index contributed by atoms with van der Waals surface area (Å²) in [5.74, 6) is -2.42. The number of carbonyl (C=O) groups is 2. The molecule has 4 rings (SSSR count). The van der Waals surface area contributed by atoms with Gasteiger partial charge in [-0.3, -0.25) is 15.1 Å². The number of hydrogen-bond donors (Lipinski definition) is 2. The Morgan fingerprint density at radius 1 is 1.00 bits per heavy atom. The second-order valence-corrected chi connectivity index (χ2v) is 7.93. The highest BCUT2D eigenvalue weighted by molar-refractivity contribution is 6.04. The molecule has 16 heteroatoms. The van der Waals surface area contributed by atoms with Gasteiger partial charge in [-0.05, 0) is 37.3 Å². The van der Waals surface area contributed by atoms with Gasteiger partial charge in [0, 0.05) is 13.2 Å². The Morgan fingerprint density at radius 2 is 1.77 bits per heavy atom. The van der Waals surface area contributed by atoms with E-state index < -0.39 is 41.7 Å². The Hall–Kier alpha value is -5.02. The van der Waals surface area contributed by atoms with Crippen LogP contribution in [0, 0.1) is 11.8 Å². The zero-order valence-electron chi connectivity index (χ0n) is 20.0. The van der Waals surface area contributed by atoms with Crippen molar-refractivity contribution in [1.82, 2.24) is 29.9 Å². The zero-order valence-corrected chi connectivity index (χ0v) is 20.0. The van der Waals surface area contributed by atoms with Crippen LogP contribution < -0.4 is 10.6 Å². The number of ether oxygens (including phenoxy) is 1. The maximum atomic E-state index is 13.9. The fraction of sp³-hybridized carbons (Fsp3) is 0.174. The average Bonchev–Trinajstić information content (AvgIpc) is 3.24. The third-order valence-electron chi connectivity index (χ3n) is 5.18. The molecular weight excluding hydrogens is 531 g/mol. The number of amides is 2. The highest BCUT2D eigenvalue weighted by Crippen LogP contribution is 2.28. The smallest absolute Gasteiger partial charge is 0.433 e. The molecule has 0 aliphatic heterocycles. The minimum absolute atomic E-state index is 0.0409. The molecule has 0 unspecified atom stereocenters. The highest BCUT2D eigenvalue weighted by Gasteiger charge is 2.32. The molecule has 1 atom stereocenters. The van der Waals surface area contributed by atoms with Crippen LogP contribution in [0.15, 0.2) is 48.9 Å². The van der Waals surface area contributed by atoms with Crippen LogP contribution in [-0.4, -0.2) is 41.9 Å². The van der Waals surface area contributed by atoms with E-state index in [9.17, 15) is 31.5 Å². The molecule has 4 aromatic rings. The quantitative estimate of drug-likeness (QED) is 0.265. The van der Waals surface area contributed by atoms with Crippen LogP contribution in [0.25, 0.3) is 11.4 Å². The summed E-state index contributed by atoms with van der Waals surface area (Å²) in [6.07, 6.45) is -4.08. The van der Waals surface area contributed by atoms with Gasteiger partial charge in [-0.1, -0.05) is 5.21 Å². The van der Waals surface area contributed by atoms with E-state index >= 15 is 0 Å². The molecule has 0 aliphatic carbocycles. The fourth-order valence-corrected chi connectivity index (χ4v) is 3.25. The average molecular weight is 548 g/mol. The van der Waals surface area contributed by atoms with Crippen LogP contribution in [-0.2, 0) is 18.0 Å². The van der Waals surface area contributed by atoms with Crippen molar-refractivity contribution < 1.29 is 36.3 Å². The summed E-state index contributed by atoms with van der Waals surface area (Å²) < 4.78 is 71.6. The molecule has 0 radical (unpaired) electrons. The zero-order chi connectivity index (χ0) is 28.3. The number of hydrogen-bond acceptors (Lipinski definition) is 8. The third-order valence-corrected chi connectivity index (χ3v) is 5.18. The number of anilines is 2. The predicted octanol–water partition coefficient (Wildman–Crippen LogP) is 4.53. The van der Waals surface area contributed by atoms with Gasteiger partial charge < -0.3 is 10.1 Å². The molecule has 39 heavy (non-hydrogen) atoms. The van der Waals surface area contributed by atoms with E-state index in [0.717, 1.165) is 24.4 Å². The van der Waals surface area contributed by atoms with Crippen molar-refractivity contribution in [2.24, 2.45) is 7.05 Å². The van der Waals surface area contributed by atoms with Gasteiger partial charge in [-0.15, -0.1) is 5.10 Å². The molecule has 0 spiro atoms. The van der Waals surface area contributed by atoms with Gasteiger partial charge in [-0.2, -0.15) is 17.6 Å². The molecule has 0 aliphatic rings. The Labute approximate surface area is 216 Å². The third kappa shape index (κ3) is 6.28. The standard InChI is InChI=1S/C23H17F5N8O3/c1-11(15-7-13(24)9-31-19(15)25)39-22(38)33-20-18(34-35-36(20)2)16-5-3-12(8-29-16)21(37)32-14-4-6-17(30-10-14)23(26,27)28/h3-11H,1-2H3,(H,32,37)(H,33,38)/t11-/m1/s1. The number of aryl methyl sites for hydroxylation is 1. The summed E-state index contributed by atoms with van der Waals surface area (Å²) in [5, 5.41) is 12.6. The van der Waals surface area contributed by atoms with E-state index in [1.54, 1.807) is 0 Å². The number of nitrogens with zero attached hydrogens (tertiary/aromatic N) is 6. The van der Waals surface area contributed by atoms with E-state index in [4.69, 9.17) is 4.74 Å². The van der Waals surface area contributed by atoms with Crippen molar-refractivity contribution in [3.63, 3.8) is 0 Å². The number of nitrogens with one attached hydrogen (secondary N) is 2. The Bertz CT molecular complexity index is 1510. The maximum absolute atomic E-state index is 13.9. The largest absolute Gasteiger partial charge is 0.441 e. The first-order valence-corrected chi connectivity index (χ1v) is 10.9. The van der Waals surface area contributed by atoms with Crippen LogP contribution in [0.2, 0.25) is 0 Å². The molecule has 11 nitrogen and oxygen atoms in total. The molecule has 0 saturated heterocycles. The molecular formula is C23H17F5N8O3. The van der Waals surface area contributed by atoms with Crippen LogP contribution in [0.1, 0.15) is 34.6 Å². The van der Waals surface area contributed by atoms with E-state index in [2.05, 4.69) is 35.9 Å². The molecule has 4 heterocycles. The van der Waals surface area contributed by atoms with E-state index in [0.29, 0.717) is 6.20 Å². The highest BCUT2D eigenvalue weighted by atomic mass is 19.4. The first-order valence-electron chi connectivity index (χ1n) is 10.9. The van der Waals surface area contributed by atoms with Crippen molar-refractivity contribution >= 4 is 23.5 Å².